The average Bonchev–Trinajstić information content (AvgIpc) is 2.58. The lowest BCUT2D eigenvalue weighted by Crippen LogP contribution is -2.04. The van der Waals surface area contributed by atoms with Crippen molar-refractivity contribution in [1.29, 1.82) is 0 Å². The van der Waals surface area contributed by atoms with Gasteiger partial charge in [0.05, 0.1) is 6.33 Å². The standard InChI is InChI=1S/C12H13Cl2N3/c1-7(2)17-6-16-11(12(17)15)8-3-9(13)5-10(14)4-8/h3-7H,15H2,1-2H3. The minimum absolute atomic E-state index is 0.269. The molecule has 0 aliphatic heterocycles. The molecule has 0 unspecified atom stereocenters. The molecular formula is C12H13Cl2N3. The molecule has 0 atom stereocenters. The third kappa shape index (κ3) is 2.40. The number of benzene rings is 1. The van der Waals surface area contributed by atoms with Crippen LogP contribution in [0.2, 0.25) is 10.0 Å². The van der Waals surface area contributed by atoms with E-state index in [1.165, 1.54) is 0 Å². The summed E-state index contributed by atoms with van der Waals surface area (Å²) >= 11 is 11.9. The van der Waals surface area contributed by atoms with Gasteiger partial charge in [-0.05, 0) is 32.0 Å². The zero-order valence-corrected chi connectivity index (χ0v) is 11.1. The molecule has 0 fully saturated rings. The van der Waals surface area contributed by atoms with Crippen molar-refractivity contribution in [2.45, 2.75) is 19.9 Å². The van der Waals surface area contributed by atoms with Crippen LogP contribution < -0.4 is 5.73 Å². The van der Waals surface area contributed by atoms with Crippen LogP contribution in [0, 0.1) is 0 Å². The van der Waals surface area contributed by atoms with Crippen molar-refractivity contribution in [3.63, 3.8) is 0 Å². The second kappa shape index (κ2) is 4.59. The molecule has 90 valence electrons. The Labute approximate surface area is 110 Å². The maximum atomic E-state index is 6.05. The number of aromatic nitrogens is 2. The van der Waals surface area contributed by atoms with E-state index in [1.807, 2.05) is 18.4 Å². The number of rotatable bonds is 2. The fraction of sp³-hybridized carbons (Fsp3) is 0.250. The highest BCUT2D eigenvalue weighted by atomic mass is 35.5. The summed E-state index contributed by atoms with van der Waals surface area (Å²) in [7, 11) is 0. The van der Waals surface area contributed by atoms with Gasteiger partial charge in [-0.15, -0.1) is 0 Å². The summed E-state index contributed by atoms with van der Waals surface area (Å²) in [5.74, 6) is 0.623. The topological polar surface area (TPSA) is 43.8 Å². The maximum Gasteiger partial charge on any atom is 0.131 e. The third-order valence-electron chi connectivity index (χ3n) is 2.52. The molecule has 1 aromatic heterocycles. The first-order chi connectivity index (χ1) is 7.99. The lowest BCUT2D eigenvalue weighted by atomic mass is 10.1. The fourth-order valence-electron chi connectivity index (χ4n) is 1.70. The maximum absolute atomic E-state index is 6.05. The molecule has 1 heterocycles. The molecule has 2 aromatic rings. The summed E-state index contributed by atoms with van der Waals surface area (Å²) in [6.07, 6.45) is 1.73. The summed E-state index contributed by atoms with van der Waals surface area (Å²) in [6.45, 7) is 4.10. The van der Waals surface area contributed by atoms with Crippen molar-refractivity contribution in [3.8, 4) is 11.3 Å². The zero-order valence-electron chi connectivity index (χ0n) is 9.61. The molecule has 0 bridgehead atoms. The summed E-state index contributed by atoms with van der Waals surface area (Å²) in [6, 6.07) is 5.56. The van der Waals surface area contributed by atoms with Crippen LogP contribution in [0.25, 0.3) is 11.3 Å². The van der Waals surface area contributed by atoms with Gasteiger partial charge in [0.2, 0.25) is 0 Å². The number of nitrogens with two attached hydrogens (primary N) is 1. The molecule has 0 aliphatic carbocycles. The first kappa shape index (κ1) is 12.3. The number of hydrogen-bond acceptors (Lipinski definition) is 2. The Bertz CT molecular complexity index is 526. The molecule has 3 nitrogen and oxygen atoms in total. The lowest BCUT2D eigenvalue weighted by Gasteiger charge is -2.09. The quantitative estimate of drug-likeness (QED) is 0.895. The largest absolute Gasteiger partial charge is 0.383 e. The molecule has 0 amide bonds. The molecule has 0 aliphatic rings. The molecular weight excluding hydrogens is 257 g/mol. The van der Waals surface area contributed by atoms with Gasteiger partial charge in [-0.1, -0.05) is 23.2 Å². The molecule has 0 spiro atoms. The van der Waals surface area contributed by atoms with E-state index < -0.39 is 0 Å². The number of imidazole rings is 1. The number of halogens is 2. The molecule has 17 heavy (non-hydrogen) atoms. The van der Waals surface area contributed by atoms with E-state index in [-0.39, 0.29) is 6.04 Å². The van der Waals surface area contributed by atoms with E-state index in [0.29, 0.717) is 21.6 Å². The molecule has 0 saturated heterocycles. The van der Waals surface area contributed by atoms with Crippen LogP contribution in [-0.2, 0) is 0 Å². The predicted octanol–water partition coefficient (Wildman–Crippen LogP) is 4.02. The lowest BCUT2D eigenvalue weighted by molar-refractivity contribution is 0.607. The van der Waals surface area contributed by atoms with Gasteiger partial charge in [0, 0.05) is 21.7 Å². The molecule has 2 rings (SSSR count). The van der Waals surface area contributed by atoms with Gasteiger partial charge >= 0.3 is 0 Å². The Morgan fingerprint density at radius 2 is 1.76 bits per heavy atom. The summed E-state index contributed by atoms with van der Waals surface area (Å²) < 4.78 is 1.91. The van der Waals surface area contributed by atoms with Crippen LogP contribution in [0.15, 0.2) is 24.5 Å². The Morgan fingerprint density at radius 3 is 2.24 bits per heavy atom. The SMILES string of the molecule is CC(C)n1cnc(-c2cc(Cl)cc(Cl)c2)c1N. The van der Waals surface area contributed by atoms with Gasteiger partial charge in [0.15, 0.2) is 0 Å². The van der Waals surface area contributed by atoms with Gasteiger partial charge in [-0.3, -0.25) is 0 Å². The average molecular weight is 270 g/mol. The van der Waals surface area contributed by atoms with Gasteiger partial charge in [0.1, 0.15) is 11.5 Å². The number of nitrogens with zero attached hydrogens (tertiary/aromatic N) is 2. The third-order valence-corrected chi connectivity index (χ3v) is 2.96. The van der Waals surface area contributed by atoms with Crippen molar-refractivity contribution < 1.29 is 0 Å². The van der Waals surface area contributed by atoms with E-state index in [0.717, 1.165) is 5.56 Å². The van der Waals surface area contributed by atoms with Crippen molar-refractivity contribution in [2.75, 3.05) is 5.73 Å². The van der Waals surface area contributed by atoms with Gasteiger partial charge in [-0.25, -0.2) is 4.98 Å². The normalized spacial score (nSPS) is 11.1. The summed E-state index contributed by atoms with van der Waals surface area (Å²) in [4.78, 5) is 4.31. The highest BCUT2D eigenvalue weighted by molar-refractivity contribution is 6.35. The van der Waals surface area contributed by atoms with Crippen LogP contribution in [0.3, 0.4) is 0 Å². The highest BCUT2D eigenvalue weighted by Crippen LogP contribution is 2.30. The first-order valence-electron chi connectivity index (χ1n) is 5.28. The van der Waals surface area contributed by atoms with Gasteiger partial charge < -0.3 is 10.3 Å². The van der Waals surface area contributed by atoms with E-state index in [9.17, 15) is 0 Å². The second-order valence-electron chi connectivity index (χ2n) is 4.14. The van der Waals surface area contributed by atoms with Crippen LogP contribution in [0.5, 0.6) is 0 Å². The molecule has 0 radical (unpaired) electrons. The minimum Gasteiger partial charge on any atom is -0.383 e. The Kier molecular flexibility index (Phi) is 3.31. The van der Waals surface area contributed by atoms with Crippen LogP contribution in [0.4, 0.5) is 5.82 Å². The van der Waals surface area contributed by atoms with E-state index in [4.69, 9.17) is 28.9 Å². The minimum atomic E-state index is 0.269. The monoisotopic (exact) mass is 269 g/mol. The van der Waals surface area contributed by atoms with Crippen molar-refractivity contribution >= 4 is 29.0 Å². The molecule has 5 heteroatoms. The van der Waals surface area contributed by atoms with Crippen LogP contribution in [0.1, 0.15) is 19.9 Å². The summed E-state index contributed by atoms with van der Waals surface area (Å²) in [5, 5.41) is 1.15. The first-order valence-corrected chi connectivity index (χ1v) is 6.03. The number of anilines is 1. The Hall–Kier alpha value is -1.19. The molecule has 1 aromatic carbocycles. The van der Waals surface area contributed by atoms with Gasteiger partial charge in [0.25, 0.3) is 0 Å². The zero-order chi connectivity index (χ0) is 12.6. The Morgan fingerprint density at radius 1 is 1.18 bits per heavy atom. The summed E-state index contributed by atoms with van der Waals surface area (Å²) in [5.41, 5.74) is 7.59. The highest BCUT2D eigenvalue weighted by Gasteiger charge is 2.12. The van der Waals surface area contributed by atoms with E-state index >= 15 is 0 Å². The van der Waals surface area contributed by atoms with Crippen molar-refractivity contribution in [2.24, 2.45) is 0 Å². The Balaban J connectivity index is 2.53. The van der Waals surface area contributed by atoms with Crippen molar-refractivity contribution in [1.82, 2.24) is 9.55 Å². The van der Waals surface area contributed by atoms with Crippen LogP contribution in [-0.4, -0.2) is 9.55 Å². The second-order valence-corrected chi connectivity index (χ2v) is 5.01. The van der Waals surface area contributed by atoms with E-state index in [2.05, 4.69) is 4.98 Å². The number of hydrogen-bond donors (Lipinski definition) is 1. The fourth-order valence-corrected chi connectivity index (χ4v) is 2.22. The number of nitrogen functional groups attached to an aromatic ring is 1. The van der Waals surface area contributed by atoms with E-state index in [1.54, 1.807) is 24.5 Å². The van der Waals surface area contributed by atoms with Gasteiger partial charge in [-0.2, -0.15) is 0 Å². The smallest absolute Gasteiger partial charge is 0.131 e. The van der Waals surface area contributed by atoms with Crippen molar-refractivity contribution in [3.05, 3.63) is 34.6 Å². The molecule has 0 saturated carbocycles. The molecule has 2 N–H and O–H groups in total. The van der Waals surface area contributed by atoms with Crippen LogP contribution >= 0.6 is 23.2 Å². The predicted molar refractivity (Wildman–Crippen MR) is 72.5 cm³/mol.